The fraction of sp³-hybridized carbons (Fsp3) is 0.308. The van der Waals surface area contributed by atoms with Crippen molar-refractivity contribution in [3.05, 3.63) is 35.6 Å². The van der Waals surface area contributed by atoms with Gasteiger partial charge in [-0.25, -0.2) is 4.79 Å². The molecule has 90 valence electrons. The highest BCUT2D eigenvalue weighted by atomic mass is 16.6. The van der Waals surface area contributed by atoms with Gasteiger partial charge >= 0.3 is 6.16 Å². The van der Waals surface area contributed by atoms with Crippen LogP contribution in [-0.2, 0) is 12.8 Å². The number of carboxylic acid groups (broad SMARTS) is 2. The summed E-state index contributed by atoms with van der Waals surface area (Å²) in [4.78, 5) is 8.56. The van der Waals surface area contributed by atoms with Crippen molar-refractivity contribution in [2.45, 2.75) is 25.7 Å². The van der Waals surface area contributed by atoms with Crippen LogP contribution in [-0.4, -0.2) is 16.4 Å². The lowest BCUT2D eigenvalue weighted by atomic mass is 9.96. The monoisotopic (exact) mass is 234 g/mol. The van der Waals surface area contributed by atoms with Gasteiger partial charge in [-0.05, 0) is 25.3 Å². The Labute approximate surface area is 98.5 Å². The van der Waals surface area contributed by atoms with E-state index in [-0.39, 0.29) is 0 Å². The molecule has 0 spiro atoms. The van der Waals surface area contributed by atoms with Crippen LogP contribution in [0.25, 0.3) is 11.0 Å². The molecule has 4 heteroatoms. The van der Waals surface area contributed by atoms with Gasteiger partial charge in [-0.1, -0.05) is 18.2 Å². The van der Waals surface area contributed by atoms with E-state index >= 15 is 0 Å². The molecule has 4 nitrogen and oxygen atoms in total. The zero-order valence-electron chi connectivity index (χ0n) is 9.35. The zero-order valence-corrected chi connectivity index (χ0v) is 9.35. The average Bonchev–Trinajstić information content (AvgIpc) is 2.66. The van der Waals surface area contributed by atoms with E-state index in [1.54, 1.807) is 0 Å². The minimum atomic E-state index is -1.83. The highest BCUT2D eigenvalue weighted by Crippen LogP contribution is 2.31. The van der Waals surface area contributed by atoms with Crippen molar-refractivity contribution < 1.29 is 19.4 Å². The Balaban J connectivity index is 0.000000239. The summed E-state index contributed by atoms with van der Waals surface area (Å²) in [6.45, 7) is 0. The lowest BCUT2D eigenvalue weighted by Gasteiger charge is -2.08. The summed E-state index contributed by atoms with van der Waals surface area (Å²) in [5.41, 5.74) is 2.52. The van der Waals surface area contributed by atoms with Gasteiger partial charge in [0.2, 0.25) is 0 Å². The van der Waals surface area contributed by atoms with Crippen molar-refractivity contribution in [1.29, 1.82) is 0 Å². The first kappa shape index (κ1) is 11.5. The van der Waals surface area contributed by atoms with Crippen LogP contribution in [0.2, 0.25) is 0 Å². The molecule has 0 saturated heterocycles. The number of rotatable bonds is 0. The van der Waals surface area contributed by atoms with Crippen molar-refractivity contribution in [2.75, 3.05) is 0 Å². The highest BCUT2D eigenvalue weighted by molar-refractivity contribution is 5.82. The number of benzene rings is 1. The third kappa shape index (κ3) is 2.58. The predicted molar refractivity (Wildman–Crippen MR) is 63.5 cm³/mol. The molecule has 3 rings (SSSR count). The van der Waals surface area contributed by atoms with Gasteiger partial charge in [0.1, 0.15) is 11.3 Å². The van der Waals surface area contributed by atoms with Gasteiger partial charge in [-0.3, -0.25) is 0 Å². The third-order valence-corrected chi connectivity index (χ3v) is 2.86. The van der Waals surface area contributed by atoms with E-state index in [0.717, 1.165) is 12.0 Å². The molecular weight excluding hydrogens is 220 g/mol. The standard InChI is InChI=1S/C12H12O.CH2O3/c1-3-7-11-9(5-1)10-6-2-4-8-12(10)13-11;2-1(3)4/h1,3,5,7H,2,4,6,8H2;(H2,2,3,4). The van der Waals surface area contributed by atoms with Crippen molar-refractivity contribution in [3.63, 3.8) is 0 Å². The molecule has 2 N–H and O–H groups in total. The van der Waals surface area contributed by atoms with Crippen molar-refractivity contribution in [1.82, 2.24) is 0 Å². The number of hydrogen-bond acceptors (Lipinski definition) is 2. The Kier molecular flexibility index (Phi) is 3.32. The lowest BCUT2D eigenvalue weighted by molar-refractivity contribution is 0.137. The third-order valence-electron chi connectivity index (χ3n) is 2.86. The SMILES string of the molecule is O=C(O)O.c1ccc2c3c(oc2c1)CCCC3. The summed E-state index contributed by atoms with van der Waals surface area (Å²) in [6.07, 6.45) is 3.10. The molecule has 1 aromatic carbocycles. The summed E-state index contributed by atoms with van der Waals surface area (Å²) in [5, 5.41) is 15.3. The van der Waals surface area contributed by atoms with Gasteiger partial charge in [-0.2, -0.15) is 0 Å². The van der Waals surface area contributed by atoms with Crippen LogP contribution in [0.5, 0.6) is 0 Å². The summed E-state index contributed by atoms with van der Waals surface area (Å²) < 4.78 is 5.79. The lowest BCUT2D eigenvalue weighted by Crippen LogP contribution is -1.98. The van der Waals surface area contributed by atoms with Gasteiger partial charge in [0, 0.05) is 17.4 Å². The van der Waals surface area contributed by atoms with E-state index in [1.165, 1.54) is 36.0 Å². The molecule has 0 bridgehead atoms. The quantitative estimate of drug-likeness (QED) is 0.731. The molecule has 17 heavy (non-hydrogen) atoms. The van der Waals surface area contributed by atoms with E-state index in [4.69, 9.17) is 19.4 Å². The summed E-state index contributed by atoms with van der Waals surface area (Å²) >= 11 is 0. The van der Waals surface area contributed by atoms with E-state index in [2.05, 4.69) is 18.2 Å². The number of para-hydroxylation sites is 1. The van der Waals surface area contributed by atoms with Crippen LogP contribution < -0.4 is 0 Å². The van der Waals surface area contributed by atoms with E-state index < -0.39 is 6.16 Å². The Bertz CT molecular complexity index is 523. The molecule has 2 aromatic rings. The molecule has 1 aliphatic carbocycles. The Morgan fingerprint density at radius 1 is 1.12 bits per heavy atom. The molecule has 0 radical (unpaired) electrons. The van der Waals surface area contributed by atoms with Crippen LogP contribution >= 0.6 is 0 Å². The van der Waals surface area contributed by atoms with E-state index in [0.29, 0.717) is 0 Å². The molecule has 1 aliphatic rings. The fourth-order valence-corrected chi connectivity index (χ4v) is 2.21. The number of carbonyl (C=O) groups is 1. The van der Waals surface area contributed by atoms with Crippen LogP contribution in [0, 0.1) is 0 Å². The van der Waals surface area contributed by atoms with Gasteiger partial charge in [0.05, 0.1) is 0 Å². The molecule has 0 aliphatic heterocycles. The Morgan fingerprint density at radius 3 is 2.53 bits per heavy atom. The molecule has 0 unspecified atom stereocenters. The van der Waals surface area contributed by atoms with Crippen LogP contribution in [0.3, 0.4) is 0 Å². The fourth-order valence-electron chi connectivity index (χ4n) is 2.21. The van der Waals surface area contributed by atoms with Gasteiger partial charge in [-0.15, -0.1) is 0 Å². The second-order valence-corrected chi connectivity index (χ2v) is 3.99. The molecular formula is C13H14O4. The minimum absolute atomic E-state index is 1.06. The van der Waals surface area contributed by atoms with Crippen molar-refractivity contribution >= 4 is 17.1 Å². The summed E-state index contributed by atoms with van der Waals surface area (Å²) in [7, 11) is 0. The maximum Gasteiger partial charge on any atom is 0.503 e. The van der Waals surface area contributed by atoms with E-state index in [1.807, 2.05) is 6.07 Å². The molecule has 0 atom stereocenters. The second kappa shape index (κ2) is 4.91. The normalized spacial score (nSPS) is 13.6. The number of fused-ring (bicyclic) bond motifs is 3. The Hall–Kier alpha value is -1.97. The minimum Gasteiger partial charge on any atom is -0.461 e. The first-order valence-corrected chi connectivity index (χ1v) is 5.59. The van der Waals surface area contributed by atoms with Gasteiger partial charge < -0.3 is 14.6 Å². The molecule has 1 heterocycles. The molecule has 0 saturated carbocycles. The number of aryl methyl sites for hydroxylation is 2. The molecule has 0 amide bonds. The number of furan rings is 1. The maximum absolute atomic E-state index is 8.56. The zero-order chi connectivity index (χ0) is 12.3. The maximum atomic E-state index is 8.56. The average molecular weight is 234 g/mol. The summed E-state index contributed by atoms with van der Waals surface area (Å²) in [6, 6.07) is 8.36. The first-order chi connectivity index (χ1) is 8.18. The number of hydrogen-bond donors (Lipinski definition) is 2. The van der Waals surface area contributed by atoms with Gasteiger partial charge in [0.15, 0.2) is 0 Å². The molecule has 0 fully saturated rings. The van der Waals surface area contributed by atoms with Gasteiger partial charge in [0.25, 0.3) is 0 Å². The second-order valence-electron chi connectivity index (χ2n) is 3.99. The molecule has 1 aromatic heterocycles. The van der Waals surface area contributed by atoms with Crippen molar-refractivity contribution in [2.24, 2.45) is 0 Å². The van der Waals surface area contributed by atoms with Crippen molar-refractivity contribution in [3.8, 4) is 0 Å². The topological polar surface area (TPSA) is 70.7 Å². The van der Waals surface area contributed by atoms with Crippen LogP contribution in [0.1, 0.15) is 24.2 Å². The van der Waals surface area contributed by atoms with Crippen LogP contribution in [0.4, 0.5) is 4.79 Å². The van der Waals surface area contributed by atoms with Crippen LogP contribution in [0.15, 0.2) is 28.7 Å². The van der Waals surface area contributed by atoms with E-state index in [9.17, 15) is 0 Å². The summed E-state index contributed by atoms with van der Waals surface area (Å²) in [5.74, 6) is 1.23. The smallest absolute Gasteiger partial charge is 0.461 e. The first-order valence-electron chi connectivity index (χ1n) is 5.59. The Morgan fingerprint density at radius 2 is 1.76 bits per heavy atom. The largest absolute Gasteiger partial charge is 0.503 e. The predicted octanol–water partition coefficient (Wildman–Crippen LogP) is 3.53. The highest BCUT2D eigenvalue weighted by Gasteiger charge is 2.16.